The second kappa shape index (κ2) is 6.81. The summed E-state index contributed by atoms with van der Waals surface area (Å²) in [6, 6.07) is 13.5. The van der Waals surface area contributed by atoms with Crippen LogP contribution in [0.15, 0.2) is 57.7 Å². The molecule has 0 aliphatic heterocycles. The van der Waals surface area contributed by atoms with Crippen molar-refractivity contribution in [3.05, 3.63) is 70.1 Å². The lowest BCUT2D eigenvalue weighted by molar-refractivity contribution is 0.0818. The first-order valence-electron chi connectivity index (χ1n) is 7.87. The minimum Gasteiger partial charge on any atom is -0.497 e. The first-order chi connectivity index (χ1) is 12.0. The van der Waals surface area contributed by atoms with Crippen LogP contribution in [0.25, 0.3) is 11.0 Å². The van der Waals surface area contributed by atoms with E-state index in [0.29, 0.717) is 22.6 Å². The Morgan fingerprint density at radius 2 is 1.72 bits per heavy atom. The third-order valence-electron chi connectivity index (χ3n) is 3.98. The largest absolute Gasteiger partial charge is 0.497 e. The molecule has 0 saturated heterocycles. The van der Waals surface area contributed by atoms with Crippen molar-refractivity contribution in [1.29, 1.82) is 0 Å². The predicted molar refractivity (Wildman–Crippen MR) is 94.6 cm³/mol. The number of benzene rings is 2. The number of ketones is 1. The summed E-state index contributed by atoms with van der Waals surface area (Å²) >= 11 is 0. The van der Waals surface area contributed by atoms with Gasteiger partial charge in [0.15, 0.2) is 6.10 Å². The summed E-state index contributed by atoms with van der Waals surface area (Å²) in [6.07, 6.45) is -0.678. The molecule has 0 bridgehead atoms. The molecule has 0 amide bonds. The summed E-state index contributed by atoms with van der Waals surface area (Å²) in [5, 5.41) is 0.834. The van der Waals surface area contributed by atoms with Crippen molar-refractivity contribution in [2.75, 3.05) is 7.11 Å². The normalized spacial score (nSPS) is 12.0. The molecule has 1 heterocycles. The van der Waals surface area contributed by atoms with Crippen molar-refractivity contribution < 1.29 is 18.7 Å². The first-order valence-corrected chi connectivity index (χ1v) is 7.87. The molecule has 2 aromatic carbocycles. The quantitative estimate of drug-likeness (QED) is 0.523. The molecule has 0 fully saturated rings. The molecule has 0 spiro atoms. The van der Waals surface area contributed by atoms with Gasteiger partial charge >= 0.3 is 5.63 Å². The summed E-state index contributed by atoms with van der Waals surface area (Å²) in [6.45, 7) is 3.53. The van der Waals surface area contributed by atoms with E-state index in [9.17, 15) is 9.59 Å². The minimum absolute atomic E-state index is 0.145. The topological polar surface area (TPSA) is 65.7 Å². The SMILES string of the molecule is COc1ccc(C(=O)[C@H](C)Oc2ccc3c(C)cc(=O)oc3c2)cc1. The zero-order valence-corrected chi connectivity index (χ0v) is 14.2. The second-order valence-electron chi connectivity index (χ2n) is 5.76. The lowest BCUT2D eigenvalue weighted by Gasteiger charge is -2.14. The molecule has 0 aliphatic carbocycles. The van der Waals surface area contributed by atoms with Gasteiger partial charge in [-0.05, 0) is 55.8 Å². The molecule has 0 radical (unpaired) electrons. The molecule has 0 aliphatic rings. The maximum atomic E-state index is 12.5. The number of carbonyl (C=O) groups is 1. The van der Waals surface area contributed by atoms with Crippen LogP contribution >= 0.6 is 0 Å². The van der Waals surface area contributed by atoms with Crippen LogP contribution in [0.3, 0.4) is 0 Å². The third-order valence-corrected chi connectivity index (χ3v) is 3.98. The van der Waals surface area contributed by atoms with Crippen LogP contribution in [0.4, 0.5) is 0 Å². The monoisotopic (exact) mass is 338 g/mol. The zero-order chi connectivity index (χ0) is 18.0. The summed E-state index contributed by atoms with van der Waals surface area (Å²) in [4.78, 5) is 24.0. The van der Waals surface area contributed by atoms with Gasteiger partial charge in [0.25, 0.3) is 0 Å². The van der Waals surface area contributed by atoms with Crippen molar-refractivity contribution in [3.63, 3.8) is 0 Å². The number of rotatable bonds is 5. The van der Waals surface area contributed by atoms with Gasteiger partial charge in [-0.1, -0.05) is 0 Å². The minimum atomic E-state index is -0.678. The summed E-state index contributed by atoms with van der Waals surface area (Å²) < 4.78 is 16.0. The van der Waals surface area contributed by atoms with E-state index in [1.54, 1.807) is 50.4 Å². The van der Waals surface area contributed by atoms with Crippen LogP contribution in [-0.2, 0) is 0 Å². The number of ether oxygens (including phenoxy) is 2. The Balaban J connectivity index is 1.82. The van der Waals surface area contributed by atoms with Crippen LogP contribution in [0.2, 0.25) is 0 Å². The molecule has 5 heteroatoms. The van der Waals surface area contributed by atoms with Crippen LogP contribution in [0, 0.1) is 6.92 Å². The number of Topliss-reactive ketones (excluding diaryl/α,β-unsaturated/α-hetero) is 1. The third kappa shape index (κ3) is 3.55. The maximum Gasteiger partial charge on any atom is 0.336 e. The number of carbonyl (C=O) groups excluding carboxylic acids is 1. The highest BCUT2D eigenvalue weighted by atomic mass is 16.5. The van der Waals surface area contributed by atoms with E-state index in [4.69, 9.17) is 13.9 Å². The van der Waals surface area contributed by atoms with Gasteiger partial charge in [0.05, 0.1) is 7.11 Å². The van der Waals surface area contributed by atoms with Gasteiger partial charge in [-0.3, -0.25) is 4.79 Å². The molecule has 1 aromatic heterocycles. The highest BCUT2D eigenvalue weighted by molar-refractivity contribution is 5.99. The highest BCUT2D eigenvalue weighted by Gasteiger charge is 2.17. The van der Waals surface area contributed by atoms with E-state index in [1.165, 1.54) is 6.07 Å². The van der Waals surface area contributed by atoms with Gasteiger partial charge < -0.3 is 13.9 Å². The Morgan fingerprint density at radius 1 is 1.04 bits per heavy atom. The summed E-state index contributed by atoms with van der Waals surface area (Å²) in [5.41, 5.74) is 1.40. The Bertz CT molecular complexity index is 970. The maximum absolute atomic E-state index is 12.5. The average molecular weight is 338 g/mol. The fourth-order valence-corrected chi connectivity index (χ4v) is 2.63. The van der Waals surface area contributed by atoms with Crippen LogP contribution in [-0.4, -0.2) is 19.0 Å². The van der Waals surface area contributed by atoms with Crippen molar-refractivity contribution in [2.45, 2.75) is 20.0 Å². The molecular weight excluding hydrogens is 320 g/mol. The van der Waals surface area contributed by atoms with Crippen molar-refractivity contribution in [2.24, 2.45) is 0 Å². The zero-order valence-electron chi connectivity index (χ0n) is 14.2. The molecule has 128 valence electrons. The molecule has 25 heavy (non-hydrogen) atoms. The van der Waals surface area contributed by atoms with Crippen LogP contribution < -0.4 is 15.1 Å². The number of methoxy groups -OCH3 is 1. The van der Waals surface area contributed by atoms with Gasteiger partial charge in [0.1, 0.15) is 17.1 Å². The summed E-state index contributed by atoms with van der Waals surface area (Å²) in [7, 11) is 1.57. The van der Waals surface area contributed by atoms with Gasteiger partial charge in [-0.25, -0.2) is 4.79 Å². The van der Waals surface area contributed by atoms with Crippen LogP contribution in [0.5, 0.6) is 11.5 Å². The van der Waals surface area contributed by atoms with Crippen molar-refractivity contribution >= 4 is 16.8 Å². The Hall–Kier alpha value is -3.08. The predicted octanol–water partition coefficient (Wildman–Crippen LogP) is 3.76. The van der Waals surface area contributed by atoms with Crippen molar-refractivity contribution in [1.82, 2.24) is 0 Å². The molecule has 0 unspecified atom stereocenters. The van der Waals surface area contributed by atoms with E-state index >= 15 is 0 Å². The Morgan fingerprint density at radius 3 is 2.40 bits per heavy atom. The second-order valence-corrected chi connectivity index (χ2v) is 5.76. The molecular formula is C20H18O5. The first kappa shape index (κ1) is 16.8. The van der Waals surface area contributed by atoms with E-state index in [1.807, 2.05) is 13.0 Å². The molecule has 5 nitrogen and oxygen atoms in total. The molecule has 3 rings (SSSR count). The Kier molecular flexibility index (Phi) is 4.57. The Labute approximate surface area is 144 Å². The van der Waals surface area contributed by atoms with Gasteiger partial charge in [-0.15, -0.1) is 0 Å². The van der Waals surface area contributed by atoms with Crippen molar-refractivity contribution in [3.8, 4) is 11.5 Å². The fraction of sp³-hybridized carbons (Fsp3) is 0.200. The molecule has 0 saturated carbocycles. The lowest BCUT2D eigenvalue weighted by Crippen LogP contribution is -2.23. The average Bonchev–Trinajstić information content (AvgIpc) is 2.60. The smallest absolute Gasteiger partial charge is 0.336 e. The highest BCUT2D eigenvalue weighted by Crippen LogP contribution is 2.23. The van der Waals surface area contributed by atoms with Crippen LogP contribution in [0.1, 0.15) is 22.8 Å². The summed E-state index contributed by atoms with van der Waals surface area (Å²) in [5.74, 6) is 1.01. The van der Waals surface area contributed by atoms with E-state index in [0.717, 1.165) is 10.9 Å². The standard InChI is InChI=1S/C20H18O5/c1-12-10-19(21)25-18-11-16(8-9-17(12)18)24-13(2)20(22)14-4-6-15(23-3)7-5-14/h4-11,13H,1-3H3/t13-/m0/s1. The van der Waals surface area contributed by atoms with E-state index < -0.39 is 11.7 Å². The number of hydrogen-bond acceptors (Lipinski definition) is 5. The van der Waals surface area contributed by atoms with E-state index in [-0.39, 0.29) is 5.78 Å². The molecule has 1 atom stereocenters. The molecule has 3 aromatic rings. The number of hydrogen-bond donors (Lipinski definition) is 0. The molecule has 0 N–H and O–H groups in total. The van der Waals surface area contributed by atoms with Gasteiger partial charge in [0, 0.05) is 23.1 Å². The lowest BCUT2D eigenvalue weighted by atomic mass is 10.1. The van der Waals surface area contributed by atoms with Gasteiger partial charge in [-0.2, -0.15) is 0 Å². The van der Waals surface area contributed by atoms with E-state index in [2.05, 4.69) is 0 Å². The number of fused-ring (bicyclic) bond motifs is 1. The number of aryl methyl sites for hydroxylation is 1. The van der Waals surface area contributed by atoms with Gasteiger partial charge in [0.2, 0.25) is 5.78 Å². The fourth-order valence-electron chi connectivity index (χ4n) is 2.63.